The topological polar surface area (TPSA) is 49.3 Å². The summed E-state index contributed by atoms with van der Waals surface area (Å²) in [6, 6.07) is 1.90. The molecule has 0 aliphatic carbocycles. The van der Waals surface area contributed by atoms with Crippen LogP contribution in [-0.4, -0.2) is 52.6 Å². The van der Waals surface area contributed by atoms with Gasteiger partial charge >= 0.3 is 0 Å². The zero-order valence-corrected chi connectivity index (χ0v) is 13.1. The number of aromatic nitrogens is 2. The van der Waals surface area contributed by atoms with Crippen LogP contribution in [0.25, 0.3) is 0 Å². The number of amides is 1. The van der Waals surface area contributed by atoms with Crippen LogP contribution in [0.15, 0.2) is 12.4 Å². The van der Waals surface area contributed by atoms with E-state index in [1.165, 1.54) is 20.2 Å². The van der Waals surface area contributed by atoms with Gasteiger partial charge in [-0.05, 0) is 36.4 Å². The Kier molecular flexibility index (Phi) is 4.22. The molecule has 1 saturated heterocycles. The Morgan fingerprint density at radius 3 is 2.47 bits per heavy atom. The predicted molar refractivity (Wildman–Crippen MR) is 78.7 cm³/mol. The van der Waals surface area contributed by atoms with E-state index in [1.807, 2.05) is 6.07 Å². The van der Waals surface area contributed by atoms with Gasteiger partial charge in [0.15, 0.2) is 5.67 Å². The van der Waals surface area contributed by atoms with Crippen LogP contribution in [0.4, 0.5) is 10.2 Å². The molecule has 19 heavy (non-hydrogen) atoms. The molecule has 0 aromatic carbocycles. The highest BCUT2D eigenvalue weighted by Gasteiger charge is 2.33. The molecule has 0 N–H and O–H groups in total. The second kappa shape index (κ2) is 5.56. The zero-order chi connectivity index (χ0) is 14.0. The molecular weight excluding hydrogens is 362 g/mol. The summed E-state index contributed by atoms with van der Waals surface area (Å²) in [7, 11) is 0. The van der Waals surface area contributed by atoms with Gasteiger partial charge in [0.25, 0.3) is 5.91 Å². The fraction of sp³-hybridized carbons (Fsp3) is 0.583. The molecule has 7 heteroatoms. The van der Waals surface area contributed by atoms with Gasteiger partial charge in [-0.3, -0.25) is 4.79 Å². The van der Waals surface area contributed by atoms with Gasteiger partial charge in [0.05, 0.1) is 0 Å². The van der Waals surface area contributed by atoms with E-state index in [0.29, 0.717) is 26.2 Å². The molecule has 1 aromatic rings. The van der Waals surface area contributed by atoms with E-state index < -0.39 is 11.6 Å². The maximum absolute atomic E-state index is 13.6. The smallest absolute Gasteiger partial charge is 0.259 e. The third-order valence-electron chi connectivity index (χ3n) is 3.02. The van der Waals surface area contributed by atoms with E-state index in [-0.39, 0.29) is 0 Å². The summed E-state index contributed by atoms with van der Waals surface area (Å²) in [4.78, 5) is 23.7. The van der Waals surface area contributed by atoms with Crippen molar-refractivity contribution >= 4 is 34.3 Å². The average molecular weight is 378 g/mol. The Balaban J connectivity index is 1.98. The van der Waals surface area contributed by atoms with Crippen molar-refractivity contribution in [2.45, 2.75) is 19.5 Å². The van der Waals surface area contributed by atoms with Crippen LogP contribution in [0.2, 0.25) is 0 Å². The van der Waals surface area contributed by atoms with Gasteiger partial charge < -0.3 is 9.80 Å². The average Bonchev–Trinajstić information content (AvgIpc) is 2.37. The molecular formula is C12H16FIN4O. The van der Waals surface area contributed by atoms with Crippen LogP contribution < -0.4 is 4.90 Å². The zero-order valence-electron chi connectivity index (χ0n) is 10.9. The lowest BCUT2D eigenvalue weighted by Gasteiger charge is -2.37. The molecule has 104 valence electrons. The number of halogens is 2. The normalized spacial score (nSPS) is 16.6. The molecule has 0 atom stereocenters. The molecule has 1 fully saturated rings. The molecule has 1 amide bonds. The van der Waals surface area contributed by atoms with Crippen molar-refractivity contribution < 1.29 is 9.18 Å². The summed E-state index contributed by atoms with van der Waals surface area (Å²) in [5.74, 6) is 0.412. The molecule has 1 aliphatic rings. The first kappa shape index (κ1) is 14.4. The number of piperazine rings is 1. The number of nitrogens with zero attached hydrogens (tertiary/aromatic N) is 4. The third kappa shape index (κ3) is 3.52. The number of carbonyl (C=O) groups is 1. The Morgan fingerprint density at radius 1 is 1.32 bits per heavy atom. The maximum atomic E-state index is 13.6. The number of hydrogen-bond acceptors (Lipinski definition) is 4. The van der Waals surface area contributed by atoms with Gasteiger partial charge in [-0.15, -0.1) is 0 Å². The molecule has 5 nitrogen and oxygen atoms in total. The van der Waals surface area contributed by atoms with Crippen LogP contribution in [0, 0.1) is 3.70 Å². The van der Waals surface area contributed by atoms with Gasteiger partial charge in [-0.1, -0.05) is 0 Å². The van der Waals surface area contributed by atoms with Gasteiger partial charge in [-0.2, -0.15) is 0 Å². The minimum atomic E-state index is -1.80. The highest BCUT2D eigenvalue weighted by atomic mass is 127. The molecule has 0 bridgehead atoms. The number of alkyl halides is 1. The SMILES string of the molecule is CC(C)(F)C(=O)N1CCN(c2cc(I)ncn2)CC1. The Morgan fingerprint density at radius 2 is 1.95 bits per heavy atom. The number of rotatable bonds is 2. The second-order valence-electron chi connectivity index (χ2n) is 4.95. The largest absolute Gasteiger partial charge is 0.353 e. The van der Waals surface area contributed by atoms with Crippen molar-refractivity contribution in [1.82, 2.24) is 14.9 Å². The van der Waals surface area contributed by atoms with Crippen molar-refractivity contribution in [2.24, 2.45) is 0 Å². The molecule has 1 aliphatic heterocycles. The standard InChI is InChI=1S/C12H16FIN4O/c1-12(2,13)11(19)18-5-3-17(4-6-18)10-7-9(14)15-8-16-10/h7-8H,3-6H2,1-2H3. The summed E-state index contributed by atoms with van der Waals surface area (Å²) < 4.78 is 14.5. The monoisotopic (exact) mass is 378 g/mol. The number of carbonyl (C=O) groups excluding carboxylic acids is 1. The van der Waals surface area contributed by atoms with Gasteiger partial charge in [0.1, 0.15) is 15.8 Å². The van der Waals surface area contributed by atoms with E-state index in [0.717, 1.165) is 9.52 Å². The highest BCUT2D eigenvalue weighted by Crippen LogP contribution is 2.18. The fourth-order valence-corrected chi connectivity index (χ4v) is 2.41. The van der Waals surface area contributed by atoms with Gasteiger partial charge in [-0.25, -0.2) is 14.4 Å². The summed E-state index contributed by atoms with van der Waals surface area (Å²) in [5, 5.41) is 0. The van der Waals surface area contributed by atoms with Crippen molar-refractivity contribution in [3.05, 3.63) is 16.1 Å². The molecule has 0 spiro atoms. The summed E-state index contributed by atoms with van der Waals surface area (Å²) in [5.41, 5.74) is -1.80. The van der Waals surface area contributed by atoms with E-state index in [4.69, 9.17) is 0 Å². The minimum Gasteiger partial charge on any atom is -0.353 e. The van der Waals surface area contributed by atoms with Crippen LogP contribution in [-0.2, 0) is 4.79 Å². The lowest BCUT2D eigenvalue weighted by molar-refractivity contribution is -0.142. The molecule has 0 radical (unpaired) electrons. The maximum Gasteiger partial charge on any atom is 0.259 e. The summed E-state index contributed by atoms with van der Waals surface area (Å²) >= 11 is 2.13. The lowest BCUT2D eigenvalue weighted by Crippen LogP contribution is -2.53. The molecule has 2 rings (SSSR count). The summed E-state index contributed by atoms with van der Waals surface area (Å²) in [6.07, 6.45) is 1.53. The van der Waals surface area contributed by atoms with Crippen molar-refractivity contribution in [3.8, 4) is 0 Å². The molecule has 2 heterocycles. The van der Waals surface area contributed by atoms with E-state index in [9.17, 15) is 9.18 Å². The quantitative estimate of drug-likeness (QED) is 0.578. The van der Waals surface area contributed by atoms with E-state index in [1.54, 1.807) is 4.90 Å². The van der Waals surface area contributed by atoms with Gasteiger partial charge in [0.2, 0.25) is 0 Å². The highest BCUT2D eigenvalue weighted by molar-refractivity contribution is 14.1. The second-order valence-corrected chi connectivity index (χ2v) is 6.06. The molecule has 0 unspecified atom stereocenters. The van der Waals surface area contributed by atoms with Crippen LogP contribution in [0.3, 0.4) is 0 Å². The van der Waals surface area contributed by atoms with Crippen LogP contribution in [0.1, 0.15) is 13.8 Å². The van der Waals surface area contributed by atoms with Gasteiger partial charge in [0, 0.05) is 32.2 Å². The first-order valence-corrected chi connectivity index (χ1v) is 7.16. The first-order chi connectivity index (χ1) is 8.88. The fourth-order valence-electron chi connectivity index (χ4n) is 2.01. The predicted octanol–water partition coefficient (Wildman–Crippen LogP) is 1.48. The summed E-state index contributed by atoms with van der Waals surface area (Å²) in [6.45, 7) is 4.96. The Labute approximate surface area is 125 Å². The van der Waals surface area contributed by atoms with Crippen molar-refractivity contribution in [2.75, 3.05) is 31.1 Å². The number of hydrogen-bond donors (Lipinski definition) is 0. The Hall–Kier alpha value is -0.990. The molecule has 1 aromatic heterocycles. The number of anilines is 1. The van der Waals surface area contributed by atoms with Crippen molar-refractivity contribution in [3.63, 3.8) is 0 Å². The third-order valence-corrected chi connectivity index (χ3v) is 3.61. The molecule has 0 saturated carbocycles. The van der Waals surface area contributed by atoms with Crippen LogP contribution >= 0.6 is 22.6 Å². The Bertz CT molecular complexity index is 469. The first-order valence-electron chi connectivity index (χ1n) is 6.09. The van der Waals surface area contributed by atoms with E-state index >= 15 is 0 Å². The lowest BCUT2D eigenvalue weighted by atomic mass is 10.1. The van der Waals surface area contributed by atoms with E-state index in [2.05, 4.69) is 37.5 Å². The van der Waals surface area contributed by atoms with Crippen LogP contribution in [0.5, 0.6) is 0 Å². The minimum absolute atomic E-state index is 0.440. The van der Waals surface area contributed by atoms with Crippen molar-refractivity contribution in [1.29, 1.82) is 0 Å².